The zero-order valence-corrected chi connectivity index (χ0v) is 6.08. The van der Waals surface area contributed by atoms with Crippen LogP contribution in [0.2, 0.25) is 0 Å². The quantitative estimate of drug-likeness (QED) is 0.384. The molecular weight excluding hydrogens is 168 g/mol. The number of oxime groups is 1. The highest BCUT2D eigenvalue weighted by atomic mass is 32.1. The van der Waals surface area contributed by atoms with Crippen LogP contribution in [0.25, 0.3) is 0 Å². The van der Waals surface area contributed by atoms with Crippen LogP contribution in [0.3, 0.4) is 0 Å². The number of aromatic nitrogens is 1. The lowest BCUT2D eigenvalue weighted by atomic mass is 10.3. The average Bonchev–Trinajstić information content (AvgIpc) is 2.40. The monoisotopic (exact) mass is 172 g/mol. The molecule has 0 fully saturated rings. The van der Waals surface area contributed by atoms with Gasteiger partial charge in [0.1, 0.15) is 0 Å². The maximum Gasteiger partial charge on any atom is 0.359 e. The molecule has 0 saturated heterocycles. The van der Waals surface area contributed by atoms with Crippen LogP contribution in [0.1, 0.15) is 4.88 Å². The smallest absolute Gasteiger partial charge is 0.359 e. The molecule has 1 heterocycles. The minimum Gasteiger partial charge on any atom is -0.476 e. The van der Waals surface area contributed by atoms with Crippen molar-refractivity contribution in [2.45, 2.75) is 0 Å². The number of nitrogens with zero attached hydrogens (tertiary/aromatic N) is 2. The third-order valence-corrected chi connectivity index (χ3v) is 1.75. The average molecular weight is 172 g/mol. The van der Waals surface area contributed by atoms with E-state index in [1.54, 1.807) is 0 Å². The molecule has 0 aliphatic heterocycles. The van der Waals surface area contributed by atoms with E-state index in [9.17, 15) is 4.79 Å². The Kier molecular flexibility index (Phi) is 2.17. The molecule has 0 atom stereocenters. The summed E-state index contributed by atoms with van der Waals surface area (Å²) in [6.07, 6.45) is 1.33. The van der Waals surface area contributed by atoms with Crippen molar-refractivity contribution in [3.8, 4) is 0 Å². The molecule has 0 saturated carbocycles. The maximum absolute atomic E-state index is 10.3. The molecule has 0 unspecified atom stereocenters. The van der Waals surface area contributed by atoms with E-state index in [-0.39, 0.29) is 5.71 Å². The summed E-state index contributed by atoms with van der Waals surface area (Å²) in [5.74, 6) is -1.27. The number of carboxylic acids is 1. The Morgan fingerprint density at radius 1 is 1.73 bits per heavy atom. The second kappa shape index (κ2) is 3.11. The van der Waals surface area contributed by atoms with Crippen LogP contribution >= 0.6 is 11.3 Å². The van der Waals surface area contributed by atoms with Gasteiger partial charge in [0.25, 0.3) is 0 Å². The summed E-state index contributed by atoms with van der Waals surface area (Å²) in [7, 11) is 0. The SMILES string of the molecule is O=C(O)/C(=N\O)c1cncs1. The Labute approximate surface area is 65.6 Å². The first kappa shape index (κ1) is 7.67. The summed E-state index contributed by atoms with van der Waals surface area (Å²) >= 11 is 1.10. The molecule has 2 N–H and O–H groups in total. The zero-order chi connectivity index (χ0) is 8.27. The molecule has 11 heavy (non-hydrogen) atoms. The van der Waals surface area contributed by atoms with Crippen LogP contribution in [0.5, 0.6) is 0 Å². The van der Waals surface area contributed by atoms with Crippen molar-refractivity contribution in [1.82, 2.24) is 4.98 Å². The normalized spacial score (nSPS) is 11.5. The van der Waals surface area contributed by atoms with Gasteiger partial charge in [-0.25, -0.2) is 4.79 Å². The maximum atomic E-state index is 10.3. The highest BCUT2D eigenvalue weighted by Gasteiger charge is 2.13. The Morgan fingerprint density at radius 2 is 2.45 bits per heavy atom. The van der Waals surface area contributed by atoms with Gasteiger partial charge in [-0.1, -0.05) is 5.16 Å². The third-order valence-electron chi connectivity index (χ3n) is 0.968. The first-order valence-corrected chi connectivity index (χ1v) is 3.48. The van der Waals surface area contributed by atoms with Crippen molar-refractivity contribution in [1.29, 1.82) is 0 Å². The Hall–Kier alpha value is -1.43. The van der Waals surface area contributed by atoms with Gasteiger partial charge >= 0.3 is 5.97 Å². The summed E-state index contributed by atoms with van der Waals surface area (Å²) < 4.78 is 0. The van der Waals surface area contributed by atoms with Crippen molar-refractivity contribution < 1.29 is 15.1 Å². The lowest BCUT2D eigenvalue weighted by molar-refractivity contribution is -0.129. The molecule has 1 aromatic rings. The van der Waals surface area contributed by atoms with E-state index in [2.05, 4.69) is 10.1 Å². The number of carbonyl (C=O) groups is 1. The van der Waals surface area contributed by atoms with E-state index in [0.717, 1.165) is 11.3 Å². The number of carboxylic acid groups (broad SMARTS) is 1. The van der Waals surface area contributed by atoms with Gasteiger partial charge in [0.05, 0.1) is 10.4 Å². The molecule has 0 radical (unpaired) electrons. The van der Waals surface area contributed by atoms with E-state index in [4.69, 9.17) is 10.3 Å². The van der Waals surface area contributed by atoms with E-state index in [0.29, 0.717) is 4.88 Å². The van der Waals surface area contributed by atoms with E-state index < -0.39 is 5.97 Å². The summed E-state index contributed by atoms with van der Waals surface area (Å²) in [4.78, 5) is 14.3. The van der Waals surface area contributed by atoms with E-state index >= 15 is 0 Å². The van der Waals surface area contributed by atoms with Crippen LogP contribution in [0.4, 0.5) is 0 Å². The minimum absolute atomic E-state index is 0.333. The van der Waals surface area contributed by atoms with Crippen molar-refractivity contribution in [2.24, 2.45) is 5.16 Å². The second-order valence-corrected chi connectivity index (χ2v) is 2.51. The predicted octanol–water partition coefficient (Wildman–Crippen LogP) is 0.406. The summed E-state index contributed by atoms with van der Waals surface area (Å²) in [5.41, 5.74) is 1.08. The summed E-state index contributed by atoms with van der Waals surface area (Å²) in [5, 5.41) is 19.3. The lowest BCUT2D eigenvalue weighted by Gasteiger charge is -1.90. The molecule has 6 heteroatoms. The molecule has 0 aliphatic carbocycles. The van der Waals surface area contributed by atoms with Crippen LogP contribution in [0.15, 0.2) is 16.9 Å². The van der Waals surface area contributed by atoms with Gasteiger partial charge in [-0.05, 0) is 0 Å². The molecule has 0 bridgehead atoms. The van der Waals surface area contributed by atoms with Crippen molar-refractivity contribution in [3.05, 3.63) is 16.6 Å². The van der Waals surface area contributed by atoms with Gasteiger partial charge in [-0.15, -0.1) is 11.3 Å². The highest BCUT2D eigenvalue weighted by molar-refractivity contribution is 7.12. The highest BCUT2D eigenvalue weighted by Crippen LogP contribution is 2.06. The van der Waals surface area contributed by atoms with Gasteiger partial charge in [-0.3, -0.25) is 4.98 Å². The fourth-order valence-electron chi connectivity index (χ4n) is 0.530. The zero-order valence-electron chi connectivity index (χ0n) is 5.26. The standard InChI is InChI=1S/C5H4N2O3S/c8-5(9)4(7-10)3-1-6-2-11-3/h1-2,10H,(H,8,9)/b7-4-. The fraction of sp³-hybridized carbons (Fsp3) is 0. The fourth-order valence-corrected chi connectivity index (χ4v) is 1.13. The Balaban J connectivity index is 2.99. The second-order valence-electron chi connectivity index (χ2n) is 1.62. The number of hydrogen-bond acceptors (Lipinski definition) is 5. The largest absolute Gasteiger partial charge is 0.476 e. The Morgan fingerprint density at radius 3 is 2.82 bits per heavy atom. The number of thiazole rings is 1. The third kappa shape index (κ3) is 1.53. The number of aliphatic carboxylic acids is 1. The van der Waals surface area contributed by atoms with Crippen LogP contribution in [-0.2, 0) is 4.79 Å². The molecule has 58 valence electrons. The molecule has 0 aromatic carbocycles. The molecule has 5 nitrogen and oxygen atoms in total. The van der Waals surface area contributed by atoms with Gasteiger partial charge < -0.3 is 10.3 Å². The molecule has 0 spiro atoms. The van der Waals surface area contributed by atoms with Crippen LogP contribution in [0, 0.1) is 0 Å². The van der Waals surface area contributed by atoms with Gasteiger partial charge in [-0.2, -0.15) is 0 Å². The predicted molar refractivity (Wildman–Crippen MR) is 38.1 cm³/mol. The topological polar surface area (TPSA) is 82.8 Å². The van der Waals surface area contributed by atoms with Crippen molar-refractivity contribution in [3.63, 3.8) is 0 Å². The van der Waals surface area contributed by atoms with Gasteiger partial charge in [0.2, 0.25) is 5.71 Å². The van der Waals surface area contributed by atoms with E-state index in [1.807, 2.05) is 0 Å². The van der Waals surface area contributed by atoms with Crippen molar-refractivity contribution in [2.75, 3.05) is 0 Å². The van der Waals surface area contributed by atoms with Crippen LogP contribution in [-0.4, -0.2) is 27.0 Å². The molecular formula is C5H4N2O3S. The number of hydrogen-bond donors (Lipinski definition) is 2. The minimum atomic E-state index is -1.27. The number of rotatable bonds is 2. The van der Waals surface area contributed by atoms with Crippen LogP contribution < -0.4 is 0 Å². The van der Waals surface area contributed by atoms with E-state index in [1.165, 1.54) is 11.7 Å². The Bertz CT molecular complexity index is 280. The first-order chi connectivity index (χ1) is 5.25. The summed E-state index contributed by atoms with van der Waals surface area (Å²) in [6, 6.07) is 0. The molecule has 1 rings (SSSR count). The molecule has 1 aromatic heterocycles. The molecule has 0 amide bonds. The van der Waals surface area contributed by atoms with Crippen molar-refractivity contribution >= 4 is 23.0 Å². The van der Waals surface area contributed by atoms with Gasteiger partial charge in [0, 0.05) is 6.20 Å². The van der Waals surface area contributed by atoms with Gasteiger partial charge in [0.15, 0.2) is 0 Å². The molecule has 0 aliphatic rings. The summed E-state index contributed by atoms with van der Waals surface area (Å²) in [6.45, 7) is 0. The lowest BCUT2D eigenvalue weighted by Crippen LogP contribution is -2.12. The first-order valence-electron chi connectivity index (χ1n) is 2.60.